The van der Waals surface area contributed by atoms with Crippen LogP contribution in [0.2, 0.25) is 0 Å². The molecule has 120 valence electrons. The van der Waals surface area contributed by atoms with Crippen LogP contribution < -0.4 is 9.80 Å². The van der Waals surface area contributed by atoms with Gasteiger partial charge in [0.2, 0.25) is 0 Å². The highest BCUT2D eigenvalue weighted by Crippen LogP contribution is 2.21. The van der Waals surface area contributed by atoms with Crippen LogP contribution in [-0.4, -0.2) is 31.0 Å². The summed E-state index contributed by atoms with van der Waals surface area (Å²) in [5, 5.41) is 0. The summed E-state index contributed by atoms with van der Waals surface area (Å²) in [7, 11) is 1.80. The lowest BCUT2D eigenvalue weighted by Gasteiger charge is -2.23. The number of benzene rings is 1. The summed E-state index contributed by atoms with van der Waals surface area (Å²) in [4.78, 5) is 21.0. The quantitative estimate of drug-likeness (QED) is 0.866. The lowest BCUT2D eigenvalue weighted by Crippen LogP contribution is -2.28. The van der Waals surface area contributed by atoms with E-state index in [0.717, 1.165) is 24.5 Å². The summed E-state index contributed by atoms with van der Waals surface area (Å²) >= 11 is 0. The Hall–Kier alpha value is -2.36. The van der Waals surface area contributed by atoms with Crippen LogP contribution in [0.25, 0.3) is 0 Å². The number of rotatable bonds is 3. The largest absolute Gasteiger partial charge is 0.370 e. The number of nitrogens with zero attached hydrogens (tertiary/aromatic N) is 3. The lowest BCUT2D eigenvalue weighted by atomic mass is 10.2. The molecular weight excluding hydrogens is 286 g/mol. The van der Waals surface area contributed by atoms with Crippen molar-refractivity contribution < 1.29 is 4.79 Å². The van der Waals surface area contributed by atoms with Gasteiger partial charge in [0.25, 0.3) is 5.91 Å². The van der Waals surface area contributed by atoms with Gasteiger partial charge in [0.15, 0.2) is 0 Å². The summed E-state index contributed by atoms with van der Waals surface area (Å²) in [6, 6.07) is 11.7. The van der Waals surface area contributed by atoms with E-state index >= 15 is 0 Å². The van der Waals surface area contributed by atoms with Crippen LogP contribution in [0, 0.1) is 0 Å². The predicted molar refractivity (Wildman–Crippen MR) is 94.1 cm³/mol. The van der Waals surface area contributed by atoms with Gasteiger partial charge in [-0.3, -0.25) is 9.78 Å². The van der Waals surface area contributed by atoms with Crippen molar-refractivity contribution in [3.63, 3.8) is 0 Å². The number of amides is 1. The van der Waals surface area contributed by atoms with Crippen LogP contribution in [0.5, 0.6) is 0 Å². The molecule has 0 saturated carbocycles. The minimum Gasteiger partial charge on any atom is -0.370 e. The Morgan fingerprint density at radius 3 is 2.43 bits per heavy atom. The zero-order valence-electron chi connectivity index (χ0n) is 13.6. The average molecular weight is 309 g/mol. The molecule has 1 fully saturated rings. The standard InChI is InChI=1S/C19H23N3O/c1-21(17-9-5-4-6-10-17)19(23)16-13-18(15-20-14-16)22-11-7-2-3-8-12-22/h4-6,9-10,13-15H,2-3,7-8,11-12H2,1H3. The number of para-hydroxylation sites is 1. The fourth-order valence-corrected chi connectivity index (χ4v) is 3.01. The Bertz CT molecular complexity index is 649. The minimum absolute atomic E-state index is 0.0274. The van der Waals surface area contributed by atoms with E-state index in [1.54, 1.807) is 18.1 Å². The van der Waals surface area contributed by atoms with Crippen LogP contribution in [0.4, 0.5) is 11.4 Å². The van der Waals surface area contributed by atoms with E-state index in [2.05, 4.69) is 9.88 Å². The van der Waals surface area contributed by atoms with E-state index in [4.69, 9.17) is 0 Å². The zero-order valence-corrected chi connectivity index (χ0v) is 13.6. The molecule has 1 aromatic heterocycles. The maximum absolute atomic E-state index is 12.7. The SMILES string of the molecule is CN(C(=O)c1cncc(N2CCCCCC2)c1)c1ccccc1. The first-order chi connectivity index (χ1) is 11.3. The van der Waals surface area contributed by atoms with Crippen LogP contribution >= 0.6 is 0 Å². The molecule has 23 heavy (non-hydrogen) atoms. The number of anilines is 2. The molecule has 1 aliphatic heterocycles. The maximum atomic E-state index is 12.7. The van der Waals surface area contributed by atoms with E-state index in [0.29, 0.717) is 5.56 Å². The summed E-state index contributed by atoms with van der Waals surface area (Å²) in [6.45, 7) is 2.10. The monoisotopic (exact) mass is 309 g/mol. The van der Waals surface area contributed by atoms with Crippen LogP contribution in [0.15, 0.2) is 48.8 Å². The third kappa shape index (κ3) is 3.70. The summed E-state index contributed by atoms with van der Waals surface area (Å²) in [5.41, 5.74) is 2.58. The van der Waals surface area contributed by atoms with Gasteiger partial charge in [-0.15, -0.1) is 0 Å². The van der Waals surface area contributed by atoms with Crippen molar-refractivity contribution in [1.29, 1.82) is 0 Å². The molecule has 1 amide bonds. The fraction of sp³-hybridized carbons (Fsp3) is 0.368. The molecule has 1 aliphatic rings. The highest BCUT2D eigenvalue weighted by molar-refractivity contribution is 6.06. The molecule has 0 unspecified atom stereocenters. The Morgan fingerprint density at radius 1 is 1.04 bits per heavy atom. The maximum Gasteiger partial charge on any atom is 0.259 e. The van der Waals surface area contributed by atoms with E-state index < -0.39 is 0 Å². The first-order valence-corrected chi connectivity index (χ1v) is 8.29. The second-order valence-corrected chi connectivity index (χ2v) is 6.03. The van der Waals surface area contributed by atoms with E-state index in [-0.39, 0.29) is 5.91 Å². The van der Waals surface area contributed by atoms with Gasteiger partial charge in [-0.2, -0.15) is 0 Å². The highest BCUT2D eigenvalue weighted by atomic mass is 16.2. The molecule has 4 heteroatoms. The summed E-state index contributed by atoms with van der Waals surface area (Å²) < 4.78 is 0. The third-order valence-electron chi connectivity index (χ3n) is 4.39. The van der Waals surface area contributed by atoms with Gasteiger partial charge in [0.1, 0.15) is 0 Å². The topological polar surface area (TPSA) is 36.4 Å². The van der Waals surface area contributed by atoms with Gasteiger partial charge in [0, 0.05) is 32.0 Å². The highest BCUT2D eigenvalue weighted by Gasteiger charge is 2.16. The zero-order chi connectivity index (χ0) is 16.1. The van der Waals surface area contributed by atoms with E-state index in [9.17, 15) is 4.79 Å². The van der Waals surface area contributed by atoms with Crippen molar-refractivity contribution in [3.8, 4) is 0 Å². The molecule has 0 aliphatic carbocycles. The second kappa shape index (κ2) is 7.27. The van der Waals surface area contributed by atoms with Crippen LogP contribution in [0.3, 0.4) is 0 Å². The van der Waals surface area contributed by atoms with E-state index in [1.165, 1.54) is 25.7 Å². The molecular formula is C19H23N3O. The number of carbonyl (C=O) groups is 1. The van der Waals surface area contributed by atoms with Crippen molar-refractivity contribution in [2.24, 2.45) is 0 Å². The van der Waals surface area contributed by atoms with E-state index in [1.807, 2.05) is 42.6 Å². The fourth-order valence-electron chi connectivity index (χ4n) is 3.01. The first kappa shape index (κ1) is 15.5. The third-order valence-corrected chi connectivity index (χ3v) is 4.39. The van der Waals surface area contributed by atoms with Crippen molar-refractivity contribution in [1.82, 2.24) is 4.98 Å². The predicted octanol–water partition coefficient (Wildman–Crippen LogP) is 3.74. The van der Waals surface area contributed by atoms with Crippen molar-refractivity contribution in [3.05, 3.63) is 54.4 Å². The van der Waals surface area contributed by atoms with Gasteiger partial charge in [-0.05, 0) is 31.0 Å². The Balaban J connectivity index is 1.80. The summed E-state index contributed by atoms with van der Waals surface area (Å²) in [5.74, 6) is -0.0274. The van der Waals surface area contributed by atoms with Crippen LogP contribution in [-0.2, 0) is 0 Å². The molecule has 0 atom stereocenters. The Kier molecular flexibility index (Phi) is 4.91. The minimum atomic E-state index is -0.0274. The molecule has 0 N–H and O–H groups in total. The van der Waals surface area contributed by atoms with Crippen molar-refractivity contribution in [2.75, 3.05) is 29.9 Å². The Morgan fingerprint density at radius 2 is 1.74 bits per heavy atom. The molecule has 0 bridgehead atoms. The Labute approximate surface area is 137 Å². The van der Waals surface area contributed by atoms with Crippen LogP contribution in [0.1, 0.15) is 36.0 Å². The molecule has 1 aromatic carbocycles. The molecule has 1 saturated heterocycles. The number of carbonyl (C=O) groups excluding carboxylic acids is 1. The number of pyridine rings is 1. The van der Waals surface area contributed by atoms with Gasteiger partial charge >= 0.3 is 0 Å². The van der Waals surface area contributed by atoms with Crippen molar-refractivity contribution in [2.45, 2.75) is 25.7 Å². The molecule has 0 spiro atoms. The van der Waals surface area contributed by atoms with Crippen molar-refractivity contribution >= 4 is 17.3 Å². The molecule has 3 rings (SSSR count). The summed E-state index contributed by atoms with van der Waals surface area (Å²) in [6.07, 6.45) is 8.52. The van der Waals surface area contributed by atoms with Gasteiger partial charge in [-0.1, -0.05) is 31.0 Å². The molecule has 2 heterocycles. The van der Waals surface area contributed by atoms with Gasteiger partial charge in [0.05, 0.1) is 17.4 Å². The van der Waals surface area contributed by atoms with Gasteiger partial charge < -0.3 is 9.80 Å². The van der Waals surface area contributed by atoms with Gasteiger partial charge in [-0.25, -0.2) is 0 Å². The average Bonchev–Trinajstić information content (AvgIpc) is 2.91. The second-order valence-electron chi connectivity index (χ2n) is 6.03. The number of hydrogen-bond donors (Lipinski definition) is 0. The smallest absolute Gasteiger partial charge is 0.259 e. The number of hydrogen-bond acceptors (Lipinski definition) is 3. The number of aromatic nitrogens is 1. The molecule has 4 nitrogen and oxygen atoms in total. The molecule has 2 aromatic rings. The first-order valence-electron chi connectivity index (χ1n) is 8.29. The molecule has 0 radical (unpaired) electrons. The normalized spacial score (nSPS) is 15.1. The lowest BCUT2D eigenvalue weighted by molar-refractivity contribution is 0.0992.